The molecular formula is C8H10ClF3N2O3S. The van der Waals surface area contributed by atoms with Gasteiger partial charge in [-0.25, -0.2) is 8.42 Å². The molecule has 104 valence electrons. The Hall–Kier alpha value is -0.800. The summed E-state index contributed by atoms with van der Waals surface area (Å²) in [7, 11) is 1.23. The Balaban J connectivity index is 2.88. The maximum atomic E-state index is 11.8. The fraction of sp³-hybridized carbons (Fsp3) is 0.625. The summed E-state index contributed by atoms with van der Waals surface area (Å²) in [6.07, 6.45) is -4.72. The summed E-state index contributed by atoms with van der Waals surface area (Å²) in [6, 6.07) is 0. The third-order valence-corrected chi connectivity index (χ3v) is 3.67. The Morgan fingerprint density at radius 1 is 1.39 bits per heavy atom. The summed E-state index contributed by atoms with van der Waals surface area (Å²) in [6.45, 7) is 1.93. The van der Waals surface area contributed by atoms with Crippen LogP contribution in [0.4, 0.5) is 13.2 Å². The zero-order chi connectivity index (χ0) is 14.1. The number of halogens is 4. The highest BCUT2D eigenvalue weighted by atomic mass is 35.7. The molecule has 0 unspecified atom stereocenters. The second kappa shape index (κ2) is 5.06. The van der Waals surface area contributed by atoms with Gasteiger partial charge in [0.15, 0.2) is 0 Å². The number of nitrogens with zero attached hydrogens (tertiary/aromatic N) is 2. The zero-order valence-corrected chi connectivity index (χ0v) is 11.0. The van der Waals surface area contributed by atoms with Gasteiger partial charge >= 0.3 is 6.36 Å². The van der Waals surface area contributed by atoms with Crippen molar-refractivity contribution >= 4 is 19.7 Å². The van der Waals surface area contributed by atoms with Gasteiger partial charge in [-0.05, 0) is 13.8 Å². The van der Waals surface area contributed by atoms with E-state index in [0.717, 1.165) is 4.68 Å². The molecule has 10 heteroatoms. The summed E-state index contributed by atoms with van der Waals surface area (Å²) in [5.74, 6) is 0. The van der Waals surface area contributed by atoms with Crippen LogP contribution in [0, 0.1) is 13.8 Å². The van der Waals surface area contributed by atoms with Crippen LogP contribution >= 0.6 is 10.7 Å². The first-order valence-corrected chi connectivity index (χ1v) is 7.02. The summed E-state index contributed by atoms with van der Waals surface area (Å²) < 4.78 is 62.4. The van der Waals surface area contributed by atoms with Crippen LogP contribution in [0.5, 0.6) is 0 Å². The average molecular weight is 307 g/mol. The molecule has 1 aromatic rings. The highest BCUT2D eigenvalue weighted by Crippen LogP contribution is 2.23. The van der Waals surface area contributed by atoms with E-state index in [1.54, 1.807) is 0 Å². The van der Waals surface area contributed by atoms with Gasteiger partial charge in [-0.3, -0.25) is 9.42 Å². The Morgan fingerprint density at radius 2 is 1.94 bits per heavy atom. The van der Waals surface area contributed by atoms with Crippen LogP contribution in [0.15, 0.2) is 4.90 Å². The van der Waals surface area contributed by atoms with Crippen molar-refractivity contribution in [2.24, 2.45) is 0 Å². The molecule has 0 N–H and O–H groups in total. The number of hydrogen-bond donors (Lipinski definition) is 0. The molecule has 0 saturated heterocycles. The van der Waals surface area contributed by atoms with E-state index in [0.29, 0.717) is 0 Å². The lowest BCUT2D eigenvalue weighted by Gasteiger charge is -2.08. The van der Waals surface area contributed by atoms with Crippen molar-refractivity contribution in [3.63, 3.8) is 0 Å². The standard InChI is InChI=1S/C8H10ClF3N2O3S/c1-5-7(18(9,15)16)6(2)14(13-5)3-4-17-8(10,11)12/h3-4H2,1-2H3. The van der Waals surface area contributed by atoms with Crippen LogP contribution in [0.1, 0.15) is 11.4 Å². The van der Waals surface area contributed by atoms with Gasteiger partial charge in [0.25, 0.3) is 9.05 Å². The molecule has 18 heavy (non-hydrogen) atoms. The van der Waals surface area contributed by atoms with Crippen LogP contribution in [-0.4, -0.2) is 31.2 Å². The van der Waals surface area contributed by atoms with E-state index in [-0.39, 0.29) is 22.8 Å². The van der Waals surface area contributed by atoms with Crippen molar-refractivity contribution in [2.75, 3.05) is 6.61 Å². The fourth-order valence-electron chi connectivity index (χ4n) is 1.50. The molecule has 0 atom stereocenters. The topological polar surface area (TPSA) is 61.2 Å². The van der Waals surface area contributed by atoms with Crippen molar-refractivity contribution in [1.82, 2.24) is 9.78 Å². The van der Waals surface area contributed by atoms with Gasteiger partial charge in [0.05, 0.1) is 24.5 Å². The number of aromatic nitrogens is 2. The minimum atomic E-state index is -4.72. The molecule has 0 saturated carbocycles. The van der Waals surface area contributed by atoms with Crippen molar-refractivity contribution in [3.05, 3.63) is 11.4 Å². The minimum Gasteiger partial charge on any atom is -0.290 e. The molecule has 0 amide bonds. The van der Waals surface area contributed by atoms with Gasteiger partial charge in [-0.2, -0.15) is 5.10 Å². The van der Waals surface area contributed by atoms with Gasteiger partial charge in [0.2, 0.25) is 0 Å². The van der Waals surface area contributed by atoms with E-state index in [1.807, 2.05) is 0 Å². The molecule has 0 aliphatic rings. The molecule has 0 fully saturated rings. The molecule has 0 aliphatic heterocycles. The zero-order valence-electron chi connectivity index (χ0n) is 9.45. The lowest BCUT2D eigenvalue weighted by molar-refractivity contribution is -0.325. The number of hydrogen-bond acceptors (Lipinski definition) is 4. The SMILES string of the molecule is Cc1nn(CCOC(F)(F)F)c(C)c1S(=O)(=O)Cl. The normalized spacial score (nSPS) is 13.0. The number of rotatable bonds is 4. The summed E-state index contributed by atoms with van der Waals surface area (Å²) in [5.41, 5.74) is 0.308. The quantitative estimate of drug-likeness (QED) is 0.798. The van der Waals surface area contributed by atoms with E-state index < -0.39 is 22.0 Å². The van der Waals surface area contributed by atoms with Crippen molar-refractivity contribution in [2.45, 2.75) is 31.7 Å². The number of aryl methyl sites for hydroxylation is 1. The van der Waals surface area contributed by atoms with Gasteiger partial charge in [0.1, 0.15) is 4.90 Å². The largest absolute Gasteiger partial charge is 0.522 e. The number of ether oxygens (including phenoxy) is 1. The Labute approximate surface area is 106 Å². The molecule has 1 heterocycles. The van der Waals surface area contributed by atoms with Crippen LogP contribution in [0.2, 0.25) is 0 Å². The first-order chi connectivity index (χ1) is 8.02. The van der Waals surface area contributed by atoms with E-state index in [2.05, 4.69) is 9.84 Å². The molecule has 0 aromatic carbocycles. The summed E-state index contributed by atoms with van der Waals surface area (Å²) in [4.78, 5) is -0.184. The predicted octanol–water partition coefficient (Wildman–Crippen LogP) is 1.96. The van der Waals surface area contributed by atoms with Crippen LogP contribution in [-0.2, 0) is 20.3 Å². The fourth-order valence-corrected chi connectivity index (χ4v) is 3.02. The van der Waals surface area contributed by atoms with Crippen LogP contribution in [0.25, 0.3) is 0 Å². The van der Waals surface area contributed by atoms with E-state index in [4.69, 9.17) is 10.7 Å². The minimum absolute atomic E-state index is 0.134. The third-order valence-electron chi connectivity index (χ3n) is 2.13. The average Bonchev–Trinajstić information content (AvgIpc) is 2.38. The van der Waals surface area contributed by atoms with Gasteiger partial charge in [-0.1, -0.05) is 0 Å². The first kappa shape index (κ1) is 15.3. The maximum absolute atomic E-state index is 11.8. The Bertz CT molecular complexity index is 539. The van der Waals surface area contributed by atoms with Crippen LogP contribution < -0.4 is 0 Å². The highest BCUT2D eigenvalue weighted by molar-refractivity contribution is 8.13. The first-order valence-electron chi connectivity index (χ1n) is 4.71. The summed E-state index contributed by atoms with van der Waals surface area (Å²) in [5, 5.41) is 3.80. The van der Waals surface area contributed by atoms with Crippen molar-refractivity contribution in [1.29, 1.82) is 0 Å². The maximum Gasteiger partial charge on any atom is 0.522 e. The molecule has 5 nitrogen and oxygen atoms in total. The molecule has 0 radical (unpaired) electrons. The van der Waals surface area contributed by atoms with Gasteiger partial charge < -0.3 is 0 Å². The summed E-state index contributed by atoms with van der Waals surface area (Å²) >= 11 is 0. The highest BCUT2D eigenvalue weighted by Gasteiger charge is 2.29. The smallest absolute Gasteiger partial charge is 0.290 e. The monoisotopic (exact) mass is 306 g/mol. The van der Waals surface area contributed by atoms with Crippen molar-refractivity contribution in [3.8, 4) is 0 Å². The van der Waals surface area contributed by atoms with E-state index >= 15 is 0 Å². The number of alkyl halides is 3. The molecular weight excluding hydrogens is 297 g/mol. The predicted molar refractivity (Wildman–Crippen MR) is 56.7 cm³/mol. The van der Waals surface area contributed by atoms with Gasteiger partial charge in [0, 0.05) is 10.7 Å². The molecule has 1 rings (SSSR count). The molecule has 0 aliphatic carbocycles. The second-order valence-electron chi connectivity index (χ2n) is 3.46. The van der Waals surface area contributed by atoms with Crippen LogP contribution in [0.3, 0.4) is 0 Å². The van der Waals surface area contributed by atoms with E-state index in [9.17, 15) is 21.6 Å². The lowest BCUT2D eigenvalue weighted by Crippen LogP contribution is -2.18. The van der Waals surface area contributed by atoms with E-state index in [1.165, 1.54) is 13.8 Å². The Morgan fingerprint density at radius 3 is 2.33 bits per heavy atom. The third kappa shape index (κ3) is 3.85. The van der Waals surface area contributed by atoms with Crippen molar-refractivity contribution < 1.29 is 26.3 Å². The second-order valence-corrected chi connectivity index (χ2v) is 5.96. The molecule has 0 spiro atoms. The molecule has 0 bridgehead atoms. The van der Waals surface area contributed by atoms with Gasteiger partial charge in [-0.15, -0.1) is 13.2 Å². The lowest BCUT2D eigenvalue weighted by atomic mass is 10.4. The molecule has 1 aromatic heterocycles. The Kier molecular flexibility index (Phi) is 4.29.